The Morgan fingerprint density at radius 1 is 1.50 bits per heavy atom. The molecule has 0 aliphatic carbocycles. The quantitative estimate of drug-likeness (QED) is 0.505. The van der Waals surface area contributed by atoms with Gasteiger partial charge in [-0.25, -0.2) is 4.98 Å². The van der Waals surface area contributed by atoms with Crippen LogP contribution in [0.3, 0.4) is 0 Å². The summed E-state index contributed by atoms with van der Waals surface area (Å²) in [5.74, 6) is -0.500. The van der Waals surface area contributed by atoms with Crippen molar-refractivity contribution < 1.29 is 9.72 Å². The molecule has 1 aromatic heterocycles. The van der Waals surface area contributed by atoms with E-state index in [9.17, 15) is 14.9 Å². The molecular weight excluding hydrogens is 284 g/mol. The van der Waals surface area contributed by atoms with Crippen molar-refractivity contribution in [1.29, 1.82) is 0 Å². The largest absolute Gasteiger partial charge is 0.351 e. The summed E-state index contributed by atoms with van der Waals surface area (Å²) in [4.78, 5) is 28.1. The molecule has 8 heteroatoms. The Hall–Kier alpha value is -1.73. The summed E-state index contributed by atoms with van der Waals surface area (Å²) in [6, 6.07) is 1.30. The molecule has 0 saturated carbocycles. The van der Waals surface area contributed by atoms with E-state index in [1.165, 1.54) is 25.1 Å². The normalized spacial score (nSPS) is 15.2. The number of carbonyl (C=O) groups excluding carboxylic acids is 1. The molecule has 0 radical (unpaired) electrons. The van der Waals surface area contributed by atoms with Crippen molar-refractivity contribution in [3.63, 3.8) is 0 Å². The summed E-state index contributed by atoms with van der Waals surface area (Å²) in [6.45, 7) is 3.28. The number of amides is 1. The van der Waals surface area contributed by atoms with Crippen LogP contribution in [0.2, 0.25) is 5.15 Å². The van der Waals surface area contributed by atoms with Gasteiger partial charge in [-0.2, -0.15) is 0 Å². The van der Waals surface area contributed by atoms with Gasteiger partial charge in [0.15, 0.2) is 0 Å². The Balaban J connectivity index is 1.98. The van der Waals surface area contributed by atoms with Crippen LogP contribution in [0.1, 0.15) is 23.2 Å². The number of carbonyl (C=O) groups is 1. The third-order valence-corrected chi connectivity index (χ3v) is 3.50. The second-order valence-corrected chi connectivity index (χ2v) is 4.92. The molecule has 2 rings (SSSR count). The van der Waals surface area contributed by atoms with Crippen LogP contribution in [0.5, 0.6) is 0 Å². The van der Waals surface area contributed by atoms with Crippen molar-refractivity contribution in [2.24, 2.45) is 0 Å². The van der Waals surface area contributed by atoms with Gasteiger partial charge in [0.25, 0.3) is 5.91 Å². The third kappa shape index (κ3) is 3.43. The molecule has 108 valence electrons. The summed E-state index contributed by atoms with van der Waals surface area (Å²) in [6.07, 6.45) is 3.64. The Bertz CT molecular complexity index is 517. The van der Waals surface area contributed by atoms with Crippen LogP contribution in [0, 0.1) is 10.1 Å². The van der Waals surface area contributed by atoms with Gasteiger partial charge in [0, 0.05) is 19.3 Å². The van der Waals surface area contributed by atoms with E-state index in [1.807, 2.05) is 0 Å². The lowest BCUT2D eigenvalue weighted by Crippen LogP contribution is -2.33. The lowest BCUT2D eigenvalue weighted by Gasteiger charge is -2.14. The summed E-state index contributed by atoms with van der Waals surface area (Å²) >= 11 is 5.67. The summed E-state index contributed by atoms with van der Waals surface area (Å²) in [5.41, 5.74) is -0.510. The fourth-order valence-corrected chi connectivity index (χ4v) is 2.44. The van der Waals surface area contributed by atoms with E-state index in [2.05, 4.69) is 15.2 Å². The van der Waals surface area contributed by atoms with Gasteiger partial charge in [-0.1, -0.05) is 11.6 Å². The monoisotopic (exact) mass is 298 g/mol. The lowest BCUT2D eigenvalue weighted by molar-refractivity contribution is -0.385. The van der Waals surface area contributed by atoms with Crippen molar-refractivity contribution in [2.75, 3.05) is 26.2 Å². The Morgan fingerprint density at radius 2 is 2.20 bits per heavy atom. The van der Waals surface area contributed by atoms with Crippen LogP contribution in [0.15, 0.2) is 12.3 Å². The predicted octanol–water partition coefficient (Wildman–Crippen LogP) is 1.47. The number of pyridine rings is 1. The molecule has 1 aliphatic heterocycles. The number of rotatable bonds is 5. The molecule has 1 N–H and O–H groups in total. The van der Waals surface area contributed by atoms with E-state index in [0.717, 1.165) is 19.6 Å². The number of hydrogen-bond acceptors (Lipinski definition) is 5. The van der Waals surface area contributed by atoms with Crippen molar-refractivity contribution in [3.05, 3.63) is 33.1 Å². The van der Waals surface area contributed by atoms with E-state index in [1.54, 1.807) is 0 Å². The second-order valence-electron chi connectivity index (χ2n) is 4.56. The van der Waals surface area contributed by atoms with Crippen LogP contribution < -0.4 is 5.32 Å². The minimum absolute atomic E-state index is 0.0589. The molecule has 1 saturated heterocycles. The van der Waals surface area contributed by atoms with Gasteiger partial charge in [-0.15, -0.1) is 0 Å². The van der Waals surface area contributed by atoms with Gasteiger partial charge < -0.3 is 10.2 Å². The zero-order valence-corrected chi connectivity index (χ0v) is 11.6. The predicted molar refractivity (Wildman–Crippen MR) is 73.9 cm³/mol. The number of hydrogen-bond donors (Lipinski definition) is 1. The fraction of sp³-hybridized carbons (Fsp3) is 0.500. The Labute approximate surface area is 121 Å². The molecule has 20 heavy (non-hydrogen) atoms. The van der Waals surface area contributed by atoms with E-state index < -0.39 is 16.5 Å². The minimum Gasteiger partial charge on any atom is -0.351 e. The number of nitro groups is 1. The number of halogens is 1. The molecule has 0 spiro atoms. The highest BCUT2D eigenvalue weighted by Gasteiger charge is 2.24. The first kappa shape index (κ1) is 14.7. The molecule has 0 atom stereocenters. The van der Waals surface area contributed by atoms with Crippen molar-refractivity contribution in [2.45, 2.75) is 12.8 Å². The first-order valence-electron chi connectivity index (χ1n) is 6.39. The number of nitrogens with zero attached hydrogens (tertiary/aromatic N) is 3. The van der Waals surface area contributed by atoms with Crippen molar-refractivity contribution in [3.8, 4) is 0 Å². The highest BCUT2D eigenvalue weighted by molar-refractivity contribution is 6.32. The van der Waals surface area contributed by atoms with E-state index >= 15 is 0 Å². The highest BCUT2D eigenvalue weighted by atomic mass is 35.5. The van der Waals surface area contributed by atoms with Crippen LogP contribution in [0.4, 0.5) is 5.69 Å². The van der Waals surface area contributed by atoms with Gasteiger partial charge in [0.1, 0.15) is 5.56 Å². The maximum atomic E-state index is 12.0. The first-order chi connectivity index (χ1) is 9.59. The van der Waals surface area contributed by atoms with Gasteiger partial charge >= 0.3 is 5.69 Å². The third-order valence-electron chi connectivity index (χ3n) is 3.22. The summed E-state index contributed by atoms with van der Waals surface area (Å²) < 4.78 is 0. The average molecular weight is 299 g/mol. The number of nitrogens with one attached hydrogen (secondary N) is 1. The summed E-state index contributed by atoms with van der Waals surface area (Å²) in [7, 11) is 0. The number of likely N-dealkylation sites (tertiary alicyclic amines) is 1. The molecule has 1 amide bonds. The molecule has 7 nitrogen and oxygen atoms in total. The van der Waals surface area contributed by atoms with Crippen molar-refractivity contribution >= 4 is 23.2 Å². The molecule has 0 unspecified atom stereocenters. The zero-order valence-electron chi connectivity index (χ0n) is 10.8. The van der Waals surface area contributed by atoms with Gasteiger partial charge in [-0.3, -0.25) is 14.9 Å². The topological polar surface area (TPSA) is 88.4 Å². The van der Waals surface area contributed by atoms with E-state index in [0.29, 0.717) is 6.54 Å². The SMILES string of the molecule is O=C(NCCN1CCCC1)c1ccnc(Cl)c1[N+](=O)[O-]. The Morgan fingerprint density at radius 3 is 2.85 bits per heavy atom. The zero-order chi connectivity index (χ0) is 14.5. The molecule has 1 fully saturated rings. The highest BCUT2D eigenvalue weighted by Crippen LogP contribution is 2.25. The lowest BCUT2D eigenvalue weighted by atomic mass is 10.2. The van der Waals surface area contributed by atoms with Crippen LogP contribution in [0.25, 0.3) is 0 Å². The smallest absolute Gasteiger partial charge is 0.319 e. The first-order valence-corrected chi connectivity index (χ1v) is 6.77. The van der Waals surface area contributed by atoms with E-state index in [4.69, 9.17) is 11.6 Å². The maximum absolute atomic E-state index is 12.0. The van der Waals surface area contributed by atoms with Crippen LogP contribution in [-0.4, -0.2) is 46.9 Å². The average Bonchev–Trinajstić information content (AvgIpc) is 2.91. The molecule has 1 aromatic rings. The standard InChI is InChI=1S/C12H15ClN4O3/c13-11-10(17(19)20)9(3-4-14-11)12(18)15-5-8-16-6-1-2-7-16/h3-4H,1-2,5-8H2,(H,15,18). The molecule has 1 aliphatic rings. The molecule has 2 heterocycles. The maximum Gasteiger partial charge on any atom is 0.319 e. The fourth-order valence-electron chi connectivity index (χ4n) is 2.21. The number of aromatic nitrogens is 1. The summed E-state index contributed by atoms with van der Waals surface area (Å²) in [5, 5.41) is 13.3. The van der Waals surface area contributed by atoms with Gasteiger partial charge in [0.2, 0.25) is 5.15 Å². The van der Waals surface area contributed by atoms with Crippen LogP contribution in [-0.2, 0) is 0 Å². The van der Waals surface area contributed by atoms with Crippen molar-refractivity contribution in [1.82, 2.24) is 15.2 Å². The molecule has 0 bridgehead atoms. The second kappa shape index (κ2) is 6.62. The Kier molecular flexibility index (Phi) is 4.86. The van der Waals surface area contributed by atoms with E-state index in [-0.39, 0.29) is 10.7 Å². The molecular formula is C12H15ClN4O3. The minimum atomic E-state index is -0.690. The van der Waals surface area contributed by atoms with Gasteiger partial charge in [-0.05, 0) is 32.0 Å². The van der Waals surface area contributed by atoms with Gasteiger partial charge in [0.05, 0.1) is 4.92 Å². The van der Waals surface area contributed by atoms with Crippen LogP contribution >= 0.6 is 11.6 Å². The molecule has 0 aromatic carbocycles.